The largest absolute Gasteiger partial charge is 0.541 e. The maximum Gasteiger partial charge on any atom is 0.250 e. The van der Waals surface area contributed by atoms with Gasteiger partial charge < -0.3 is 27.8 Å². The van der Waals surface area contributed by atoms with Crippen molar-refractivity contribution in [2.45, 2.75) is 77.8 Å². The van der Waals surface area contributed by atoms with Crippen molar-refractivity contribution in [1.29, 1.82) is 0 Å². The van der Waals surface area contributed by atoms with Gasteiger partial charge >= 0.3 is 0 Å². The van der Waals surface area contributed by atoms with E-state index in [0.717, 1.165) is 11.1 Å². The molecule has 0 aliphatic heterocycles. The molecule has 0 aliphatic rings. The number of methoxy groups -OCH3 is 3. The summed E-state index contributed by atoms with van der Waals surface area (Å²) in [5.74, 6) is 3.76. The van der Waals surface area contributed by atoms with Crippen LogP contribution in [0.1, 0.15) is 52.7 Å². The highest BCUT2D eigenvalue weighted by Crippen LogP contribution is 2.49. The molecule has 0 aromatic heterocycles. The molecule has 2 rings (SSSR count). The third-order valence-electron chi connectivity index (χ3n) is 7.93. The van der Waals surface area contributed by atoms with Gasteiger partial charge in [0.15, 0.2) is 28.7 Å². The summed E-state index contributed by atoms with van der Waals surface area (Å²) >= 11 is 0. The summed E-state index contributed by atoms with van der Waals surface area (Å²) in [6, 6.07) is 7.81. The minimum Gasteiger partial charge on any atom is -0.541 e. The summed E-state index contributed by atoms with van der Waals surface area (Å²) in [5, 5.41) is -0.0318. The normalized spacial score (nSPS) is 12.7. The molecule has 8 heteroatoms. The maximum absolute atomic E-state index is 7.03. The van der Waals surface area contributed by atoms with Gasteiger partial charge in [-0.05, 0) is 66.1 Å². The molecule has 0 amide bonds. The van der Waals surface area contributed by atoms with Gasteiger partial charge in [-0.1, -0.05) is 66.3 Å². The number of hydrogen-bond acceptors (Lipinski definition) is 6. The highest BCUT2D eigenvalue weighted by atomic mass is 28.4. The molecule has 0 saturated heterocycles. The molecule has 2 aromatic carbocycles. The standard InChI is InChI=1S/C32H50O6Si2/c1-15-20-36-25-19-18-24(17-16-23-21-26(33-8)29(35-10)27(22-23)34-9)28(37-39(11,12)31(2,3)4)30(25)38-40(13,14)32(5,6)7/h15-19,21-22H,1,20H2,2-14H3/b17-16-. The second-order valence-electron chi connectivity index (χ2n) is 12.9. The Labute approximate surface area is 244 Å². The fraction of sp³-hybridized carbons (Fsp3) is 0.500. The Hall–Kier alpha value is -2.85. The molecule has 0 aliphatic carbocycles. The lowest BCUT2D eigenvalue weighted by Crippen LogP contribution is -2.46. The van der Waals surface area contributed by atoms with Gasteiger partial charge in [-0.15, -0.1) is 0 Å². The Morgan fingerprint density at radius 2 is 1.18 bits per heavy atom. The van der Waals surface area contributed by atoms with Gasteiger partial charge in [-0.2, -0.15) is 0 Å². The molecule has 40 heavy (non-hydrogen) atoms. The summed E-state index contributed by atoms with van der Waals surface area (Å²) in [5.41, 5.74) is 1.80. The average Bonchev–Trinajstić information content (AvgIpc) is 2.85. The van der Waals surface area contributed by atoms with Crippen LogP contribution in [-0.4, -0.2) is 44.6 Å². The van der Waals surface area contributed by atoms with Crippen LogP contribution >= 0.6 is 0 Å². The Kier molecular flexibility index (Phi) is 10.6. The molecule has 2 aromatic rings. The molecule has 0 unspecified atom stereocenters. The van der Waals surface area contributed by atoms with Crippen molar-refractivity contribution in [1.82, 2.24) is 0 Å². The fourth-order valence-corrected chi connectivity index (χ4v) is 5.39. The Balaban J connectivity index is 2.82. The molecule has 222 valence electrons. The number of benzene rings is 2. The summed E-state index contributed by atoms with van der Waals surface area (Å²) in [6.45, 7) is 26.5. The first kappa shape index (κ1) is 33.4. The first-order chi connectivity index (χ1) is 18.4. The van der Waals surface area contributed by atoms with Crippen molar-refractivity contribution in [2.24, 2.45) is 0 Å². The SMILES string of the molecule is C=CCOc1ccc(/C=C\c2cc(OC)c(OC)c(OC)c2)c(O[Si](C)(C)C(C)(C)C)c1O[Si](C)(C)C(C)(C)C. The lowest BCUT2D eigenvalue weighted by molar-refractivity contribution is 0.324. The van der Waals surface area contributed by atoms with Crippen molar-refractivity contribution >= 4 is 28.8 Å². The van der Waals surface area contributed by atoms with E-state index in [1.165, 1.54) is 0 Å². The molecule has 0 saturated carbocycles. The van der Waals surface area contributed by atoms with E-state index in [4.69, 9.17) is 27.8 Å². The van der Waals surface area contributed by atoms with Gasteiger partial charge in [0.2, 0.25) is 5.75 Å². The number of rotatable bonds is 12. The van der Waals surface area contributed by atoms with E-state index in [1.807, 2.05) is 36.4 Å². The van der Waals surface area contributed by atoms with Crippen molar-refractivity contribution in [3.63, 3.8) is 0 Å². The third-order valence-corrected chi connectivity index (χ3v) is 16.6. The zero-order valence-corrected chi connectivity index (χ0v) is 28.9. The van der Waals surface area contributed by atoms with Crippen LogP contribution in [0.5, 0.6) is 34.5 Å². The van der Waals surface area contributed by atoms with Crippen LogP contribution in [-0.2, 0) is 0 Å². The van der Waals surface area contributed by atoms with Gasteiger partial charge in [0.25, 0.3) is 16.6 Å². The van der Waals surface area contributed by atoms with Gasteiger partial charge in [0, 0.05) is 5.56 Å². The minimum atomic E-state index is -2.26. The van der Waals surface area contributed by atoms with E-state index in [0.29, 0.717) is 41.1 Å². The lowest BCUT2D eigenvalue weighted by Gasteiger charge is -2.40. The van der Waals surface area contributed by atoms with Gasteiger partial charge in [0.1, 0.15) is 6.61 Å². The Morgan fingerprint density at radius 1 is 0.675 bits per heavy atom. The second-order valence-corrected chi connectivity index (χ2v) is 22.4. The van der Waals surface area contributed by atoms with Crippen LogP contribution < -0.4 is 27.8 Å². The summed E-state index contributed by atoms with van der Waals surface area (Å²) in [4.78, 5) is 0. The molecule has 0 radical (unpaired) electrons. The molecule has 0 bridgehead atoms. The summed E-state index contributed by atoms with van der Waals surface area (Å²) in [6.07, 6.45) is 5.79. The van der Waals surface area contributed by atoms with E-state index in [1.54, 1.807) is 27.4 Å². The third kappa shape index (κ3) is 7.66. The van der Waals surface area contributed by atoms with Crippen LogP contribution in [0.15, 0.2) is 36.9 Å². The monoisotopic (exact) mass is 586 g/mol. The van der Waals surface area contributed by atoms with Gasteiger partial charge in [0.05, 0.1) is 21.3 Å². The molecule has 0 atom stereocenters. The first-order valence-corrected chi connectivity index (χ1v) is 19.5. The molecule has 0 N–H and O–H groups in total. The molecular formula is C32H50O6Si2. The molecule has 0 fully saturated rings. The molecule has 6 nitrogen and oxygen atoms in total. The van der Waals surface area contributed by atoms with Crippen LogP contribution in [0.4, 0.5) is 0 Å². The van der Waals surface area contributed by atoms with E-state index < -0.39 is 16.6 Å². The molecule has 0 heterocycles. The van der Waals surface area contributed by atoms with Crippen molar-refractivity contribution in [3.05, 3.63) is 48.0 Å². The highest BCUT2D eigenvalue weighted by molar-refractivity contribution is 6.75. The van der Waals surface area contributed by atoms with Crippen molar-refractivity contribution < 1.29 is 27.8 Å². The van der Waals surface area contributed by atoms with Crippen LogP contribution in [0.25, 0.3) is 12.2 Å². The zero-order chi connectivity index (χ0) is 30.5. The quantitative estimate of drug-likeness (QED) is 0.140. The summed E-state index contributed by atoms with van der Waals surface area (Å²) < 4.78 is 36.7. The van der Waals surface area contributed by atoms with Gasteiger partial charge in [-0.25, -0.2) is 0 Å². The minimum absolute atomic E-state index is 0.0149. The maximum atomic E-state index is 7.03. The van der Waals surface area contributed by atoms with E-state index >= 15 is 0 Å². The van der Waals surface area contributed by atoms with Crippen LogP contribution in [0, 0.1) is 0 Å². The topological polar surface area (TPSA) is 55.4 Å². The lowest BCUT2D eigenvalue weighted by atomic mass is 10.1. The van der Waals surface area contributed by atoms with Crippen molar-refractivity contribution in [3.8, 4) is 34.5 Å². The smallest absolute Gasteiger partial charge is 0.250 e. The molecule has 0 spiro atoms. The number of hydrogen-bond donors (Lipinski definition) is 0. The predicted molar refractivity (Wildman–Crippen MR) is 173 cm³/mol. The highest BCUT2D eigenvalue weighted by Gasteiger charge is 2.43. The average molecular weight is 587 g/mol. The van der Waals surface area contributed by atoms with E-state index in [2.05, 4.69) is 74.3 Å². The van der Waals surface area contributed by atoms with Crippen LogP contribution in [0.3, 0.4) is 0 Å². The number of ether oxygens (including phenoxy) is 4. The summed E-state index contributed by atoms with van der Waals surface area (Å²) in [7, 11) is 0.304. The Morgan fingerprint density at radius 3 is 1.60 bits per heavy atom. The Bertz CT molecular complexity index is 1180. The first-order valence-electron chi connectivity index (χ1n) is 13.7. The second kappa shape index (κ2) is 12.8. The van der Waals surface area contributed by atoms with Crippen molar-refractivity contribution in [2.75, 3.05) is 27.9 Å². The zero-order valence-electron chi connectivity index (χ0n) is 26.9. The van der Waals surface area contributed by atoms with E-state index in [-0.39, 0.29) is 10.1 Å². The molecular weight excluding hydrogens is 537 g/mol. The van der Waals surface area contributed by atoms with E-state index in [9.17, 15) is 0 Å². The predicted octanol–water partition coefficient (Wildman–Crippen LogP) is 9.22. The van der Waals surface area contributed by atoms with Gasteiger partial charge in [-0.3, -0.25) is 0 Å². The van der Waals surface area contributed by atoms with Crippen LogP contribution in [0.2, 0.25) is 36.3 Å². The fourth-order valence-electron chi connectivity index (χ4n) is 3.36.